The lowest BCUT2D eigenvalue weighted by molar-refractivity contribution is -0.393. The molecule has 0 unspecified atom stereocenters. The van der Waals surface area contributed by atoms with Gasteiger partial charge in [-0.2, -0.15) is 0 Å². The van der Waals surface area contributed by atoms with Gasteiger partial charge in [0.15, 0.2) is 0 Å². The van der Waals surface area contributed by atoms with Gasteiger partial charge in [-0.05, 0) is 6.07 Å². The van der Waals surface area contributed by atoms with Gasteiger partial charge >= 0.3 is 5.69 Å². The van der Waals surface area contributed by atoms with Crippen molar-refractivity contribution in [3.8, 4) is 0 Å². The zero-order valence-corrected chi connectivity index (χ0v) is 11.5. The molecule has 0 aliphatic carbocycles. The molecule has 1 heterocycles. The van der Waals surface area contributed by atoms with Crippen LogP contribution >= 0.6 is 0 Å². The van der Waals surface area contributed by atoms with Crippen LogP contribution in [0.1, 0.15) is 0 Å². The van der Waals surface area contributed by atoms with Crippen molar-refractivity contribution in [1.82, 2.24) is 0 Å². The normalized spacial score (nSPS) is 10.8. The maximum absolute atomic E-state index is 12.6. The Morgan fingerprint density at radius 2 is 1.54 bits per heavy atom. The Labute approximate surface area is 130 Å². The molecule has 0 aliphatic heterocycles. The third kappa shape index (κ3) is 2.11. The Bertz CT molecular complexity index is 1120. The Hall–Kier alpha value is -3.89. The van der Waals surface area contributed by atoms with Gasteiger partial charge in [-0.15, -0.1) is 0 Å². The predicted octanol–water partition coefficient (Wildman–Crippen LogP) is 2.67. The molecule has 1 aromatic heterocycles. The van der Waals surface area contributed by atoms with Crippen molar-refractivity contribution in [2.75, 3.05) is 0 Å². The highest BCUT2D eigenvalue weighted by Gasteiger charge is 2.26. The minimum Gasteiger partial charge on any atom is -0.448 e. The van der Waals surface area contributed by atoms with Crippen molar-refractivity contribution < 1.29 is 19.2 Å². The standard InChI is InChI=1S/C13H5N3O8/c17-12-7-4-6(14(18)19)5-9(16(22)23)13(7)24-10-3-1-2-8(11(10)12)15(20)21/h1-5H. The number of hydrogen-bond donors (Lipinski definition) is 0. The quantitative estimate of drug-likeness (QED) is 0.402. The van der Waals surface area contributed by atoms with Gasteiger partial charge in [0.1, 0.15) is 11.0 Å². The highest BCUT2D eigenvalue weighted by atomic mass is 16.6. The van der Waals surface area contributed by atoms with E-state index in [4.69, 9.17) is 4.42 Å². The van der Waals surface area contributed by atoms with E-state index < -0.39 is 53.6 Å². The van der Waals surface area contributed by atoms with E-state index in [9.17, 15) is 35.1 Å². The smallest absolute Gasteiger partial charge is 0.319 e. The lowest BCUT2D eigenvalue weighted by Crippen LogP contribution is -2.07. The Morgan fingerprint density at radius 1 is 0.875 bits per heavy atom. The molecule has 0 atom stereocenters. The molecule has 0 radical (unpaired) electrons. The predicted molar refractivity (Wildman–Crippen MR) is 80.0 cm³/mol. The van der Waals surface area contributed by atoms with Crippen molar-refractivity contribution >= 4 is 39.0 Å². The van der Waals surface area contributed by atoms with Gasteiger partial charge in [0.25, 0.3) is 11.4 Å². The summed E-state index contributed by atoms with van der Waals surface area (Å²) in [6.45, 7) is 0. The van der Waals surface area contributed by atoms with Crippen LogP contribution in [0.3, 0.4) is 0 Å². The topological polar surface area (TPSA) is 160 Å². The van der Waals surface area contributed by atoms with E-state index in [1.54, 1.807) is 0 Å². The number of fused-ring (bicyclic) bond motifs is 2. The van der Waals surface area contributed by atoms with Crippen molar-refractivity contribution in [1.29, 1.82) is 0 Å². The molecule has 0 bridgehead atoms. The first-order valence-electron chi connectivity index (χ1n) is 6.28. The van der Waals surface area contributed by atoms with Crippen molar-refractivity contribution in [3.63, 3.8) is 0 Å². The lowest BCUT2D eigenvalue weighted by atomic mass is 10.1. The van der Waals surface area contributed by atoms with E-state index in [0.29, 0.717) is 6.07 Å². The number of non-ortho nitro benzene ring substituents is 3. The molecular weight excluding hydrogens is 326 g/mol. The van der Waals surface area contributed by atoms with Crippen molar-refractivity contribution in [2.45, 2.75) is 0 Å². The molecule has 0 aliphatic rings. The fourth-order valence-electron chi connectivity index (χ4n) is 2.35. The van der Waals surface area contributed by atoms with Crippen molar-refractivity contribution in [3.05, 3.63) is 70.9 Å². The first-order chi connectivity index (χ1) is 11.3. The summed E-state index contributed by atoms with van der Waals surface area (Å²) < 4.78 is 5.28. The third-order valence-corrected chi connectivity index (χ3v) is 3.35. The highest BCUT2D eigenvalue weighted by molar-refractivity contribution is 5.98. The van der Waals surface area contributed by atoms with E-state index in [2.05, 4.69) is 0 Å². The molecule has 0 saturated heterocycles. The highest BCUT2D eigenvalue weighted by Crippen LogP contribution is 2.33. The molecule has 120 valence electrons. The first kappa shape index (κ1) is 15.0. The van der Waals surface area contributed by atoms with Crippen molar-refractivity contribution in [2.24, 2.45) is 0 Å². The van der Waals surface area contributed by atoms with E-state index in [0.717, 1.165) is 12.1 Å². The van der Waals surface area contributed by atoms with Crippen LogP contribution in [0.4, 0.5) is 17.1 Å². The summed E-state index contributed by atoms with van der Waals surface area (Å²) in [6.07, 6.45) is 0. The summed E-state index contributed by atoms with van der Waals surface area (Å²) in [5.41, 5.74) is -3.69. The van der Waals surface area contributed by atoms with Crippen LogP contribution in [-0.2, 0) is 0 Å². The Balaban J connectivity index is 2.60. The molecule has 0 saturated carbocycles. The summed E-state index contributed by atoms with van der Waals surface area (Å²) in [5.74, 6) is 0. The Morgan fingerprint density at radius 3 is 2.12 bits per heavy atom. The van der Waals surface area contributed by atoms with Gasteiger partial charge < -0.3 is 4.42 Å². The van der Waals surface area contributed by atoms with Crippen LogP contribution in [0.5, 0.6) is 0 Å². The summed E-state index contributed by atoms with van der Waals surface area (Å²) in [6, 6.07) is 5.02. The second-order valence-electron chi connectivity index (χ2n) is 4.69. The average Bonchev–Trinajstić information content (AvgIpc) is 2.53. The van der Waals surface area contributed by atoms with Crippen LogP contribution in [-0.4, -0.2) is 14.8 Å². The second kappa shape index (κ2) is 5.08. The van der Waals surface area contributed by atoms with Crippen LogP contribution in [0.2, 0.25) is 0 Å². The summed E-state index contributed by atoms with van der Waals surface area (Å²) >= 11 is 0. The zero-order valence-electron chi connectivity index (χ0n) is 11.5. The van der Waals surface area contributed by atoms with Gasteiger partial charge in [-0.1, -0.05) is 6.07 Å². The molecule has 11 heteroatoms. The molecule has 2 aromatic carbocycles. The van der Waals surface area contributed by atoms with Crippen LogP contribution in [0.15, 0.2) is 39.5 Å². The second-order valence-corrected chi connectivity index (χ2v) is 4.69. The maximum atomic E-state index is 12.6. The van der Waals surface area contributed by atoms with E-state index in [-0.39, 0.29) is 5.58 Å². The van der Waals surface area contributed by atoms with E-state index in [1.807, 2.05) is 0 Å². The molecule has 0 N–H and O–H groups in total. The molecule has 11 nitrogen and oxygen atoms in total. The number of rotatable bonds is 3. The number of hydrogen-bond acceptors (Lipinski definition) is 8. The largest absolute Gasteiger partial charge is 0.448 e. The number of nitro benzene ring substituents is 3. The molecule has 0 fully saturated rings. The minimum atomic E-state index is -0.953. The SMILES string of the molecule is O=c1c2cc([N+](=O)[O-])cc([N+](=O)[O-])c2oc2cccc([N+](=O)[O-])c12. The summed E-state index contributed by atoms with van der Waals surface area (Å²) in [5, 5.41) is 32.2. The molecule has 3 rings (SSSR count). The fourth-order valence-corrected chi connectivity index (χ4v) is 2.35. The molecule has 24 heavy (non-hydrogen) atoms. The number of nitro groups is 3. The van der Waals surface area contributed by atoms with Gasteiger partial charge in [0, 0.05) is 12.1 Å². The van der Waals surface area contributed by atoms with Gasteiger partial charge in [0.2, 0.25) is 11.0 Å². The zero-order chi connectivity index (χ0) is 17.6. The Kier molecular flexibility index (Phi) is 3.18. The van der Waals surface area contributed by atoms with Crippen LogP contribution < -0.4 is 5.43 Å². The fraction of sp³-hybridized carbons (Fsp3) is 0. The van der Waals surface area contributed by atoms with Gasteiger partial charge in [-0.3, -0.25) is 35.1 Å². The lowest BCUT2D eigenvalue weighted by Gasteiger charge is -2.03. The molecule has 3 aromatic rings. The monoisotopic (exact) mass is 331 g/mol. The van der Waals surface area contributed by atoms with Gasteiger partial charge in [0.05, 0.1) is 26.2 Å². The molecule has 0 amide bonds. The molecular formula is C13H5N3O8. The van der Waals surface area contributed by atoms with Gasteiger partial charge in [-0.25, -0.2) is 0 Å². The minimum absolute atomic E-state index is 0.223. The third-order valence-electron chi connectivity index (χ3n) is 3.35. The van der Waals surface area contributed by atoms with Crippen LogP contribution in [0, 0.1) is 30.3 Å². The number of nitrogens with zero attached hydrogens (tertiary/aromatic N) is 3. The number of benzene rings is 2. The summed E-state index contributed by atoms with van der Waals surface area (Å²) in [7, 11) is 0. The summed E-state index contributed by atoms with van der Waals surface area (Å²) in [4.78, 5) is 43.0. The maximum Gasteiger partial charge on any atom is 0.319 e. The van der Waals surface area contributed by atoms with E-state index in [1.165, 1.54) is 12.1 Å². The first-order valence-corrected chi connectivity index (χ1v) is 6.28. The average molecular weight is 331 g/mol. The molecule has 0 spiro atoms. The van der Waals surface area contributed by atoms with Crippen LogP contribution in [0.25, 0.3) is 21.9 Å². The van der Waals surface area contributed by atoms with E-state index >= 15 is 0 Å².